The summed E-state index contributed by atoms with van der Waals surface area (Å²) in [4.78, 5) is 10.2. The smallest absolute Gasteiger partial charge is 0.321 e. The third kappa shape index (κ3) is 4.17. The van der Waals surface area contributed by atoms with Gasteiger partial charge >= 0.3 is 5.97 Å². The molecule has 0 aromatic rings. The van der Waals surface area contributed by atoms with Crippen LogP contribution in [0.4, 0.5) is 0 Å². The van der Waals surface area contributed by atoms with Crippen LogP contribution in [0.15, 0.2) is 0 Å². The summed E-state index contributed by atoms with van der Waals surface area (Å²) < 4.78 is -0.647. The van der Waals surface area contributed by atoms with Gasteiger partial charge in [-0.1, -0.05) is 0 Å². The van der Waals surface area contributed by atoms with Crippen molar-refractivity contribution >= 4 is 18.6 Å². The van der Waals surface area contributed by atoms with Crippen molar-refractivity contribution in [2.45, 2.75) is 24.6 Å². The van der Waals surface area contributed by atoms with E-state index < -0.39 is 16.8 Å². The Morgan fingerprint density at radius 3 is 2.00 bits per heavy atom. The van der Waals surface area contributed by atoms with Crippen LogP contribution in [0.5, 0.6) is 0 Å². The molecule has 3 N–H and O–H groups in total. The summed E-state index contributed by atoms with van der Waals surface area (Å²) in [6.45, 7) is 3.32. The Hall–Kier alpha value is 0.299. The van der Waals surface area contributed by atoms with Crippen molar-refractivity contribution in [3.05, 3.63) is 0 Å². The van der Waals surface area contributed by atoms with Gasteiger partial charge < -0.3 is 10.8 Å². The van der Waals surface area contributed by atoms with Crippen molar-refractivity contribution in [3.63, 3.8) is 0 Å². The van der Waals surface area contributed by atoms with Gasteiger partial charge in [0.2, 0.25) is 0 Å². The second-order valence-corrected chi connectivity index (χ2v) is 3.62. The van der Waals surface area contributed by atoms with Gasteiger partial charge in [0, 0.05) is 21.8 Å². The maximum absolute atomic E-state index is 10.2. The van der Waals surface area contributed by atoms with Crippen LogP contribution in [0.3, 0.4) is 0 Å². The van der Waals surface area contributed by atoms with E-state index in [9.17, 15) is 4.79 Å². The first-order valence-electron chi connectivity index (χ1n) is 2.56. The number of thiol groups is 1. The van der Waals surface area contributed by atoms with Crippen molar-refractivity contribution in [1.82, 2.24) is 0 Å². The van der Waals surface area contributed by atoms with E-state index in [1.54, 1.807) is 13.8 Å². The Morgan fingerprint density at radius 1 is 1.70 bits per heavy atom. The van der Waals surface area contributed by atoms with Crippen molar-refractivity contribution in [3.8, 4) is 0 Å². The monoisotopic (exact) mass is 212 g/mol. The van der Waals surface area contributed by atoms with Gasteiger partial charge in [0.1, 0.15) is 6.04 Å². The molecule has 0 aliphatic rings. The molecule has 0 aliphatic carbocycles. The number of rotatable bonds is 2. The third-order valence-electron chi connectivity index (χ3n) is 1.03. The van der Waals surface area contributed by atoms with Gasteiger partial charge in [-0.2, -0.15) is 12.6 Å². The molecule has 0 amide bonds. The average Bonchev–Trinajstić information content (AvgIpc) is 1.62. The Balaban J connectivity index is 0. The van der Waals surface area contributed by atoms with Crippen LogP contribution in [-0.4, -0.2) is 21.9 Å². The molecule has 0 saturated heterocycles. The zero-order valence-electron chi connectivity index (χ0n) is 5.76. The minimum Gasteiger partial charge on any atom is -0.480 e. The molecule has 10 heavy (non-hydrogen) atoms. The molecule has 0 rings (SSSR count). The molecule has 0 spiro atoms. The molecule has 0 aliphatic heterocycles. The molecule has 0 bridgehead atoms. The average molecular weight is 213 g/mol. The quantitative estimate of drug-likeness (QED) is 0.450. The molecule has 5 heteroatoms. The fourth-order valence-corrected chi connectivity index (χ4v) is 0.413. The Labute approximate surface area is 76.2 Å². The Kier molecular flexibility index (Phi) is 5.48. The molecular weight excluding hydrogens is 202 g/mol. The van der Waals surface area contributed by atoms with E-state index in [0.29, 0.717) is 0 Å². The summed E-state index contributed by atoms with van der Waals surface area (Å²) >= 11 is 3.98. The summed E-state index contributed by atoms with van der Waals surface area (Å²) in [6, 6.07) is -0.902. The predicted octanol–water partition coefficient (Wildman–Crippen LogP) is 0.104. The first kappa shape index (κ1) is 12.9. The third-order valence-corrected chi connectivity index (χ3v) is 1.31. The maximum atomic E-state index is 10.2. The van der Waals surface area contributed by atoms with Crippen LogP contribution in [0.2, 0.25) is 0 Å². The minimum absolute atomic E-state index is 0. The summed E-state index contributed by atoms with van der Waals surface area (Å²) in [7, 11) is 0. The summed E-state index contributed by atoms with van der Waals surface area (Å²) in [5.41, 5.74) is 5.22. The van der Waals surface area contributed by atoms with Gasteiger partial charge in [0.25, 0.3) is 0 Å². The number of nitrogens with two attached hydrogens (primary N) is 1. The van der Waals surface area contributed by atoms with Gasteiger partial charge in [0.05, 0.1) is 0 Å². The molecule has 0 fully saturated rings. The van der Waals surface area contributed by atoms with Crippen molar-refractivity contribution in [2.24, 2.45) is 5.73 Å². The van der Waals surface area contributed by atoms with E-state index in [1.165, 1.54) is 0 Å². The topological polar surface area (TPSA) is 63.3 Å². The first-order chi connectivity index (χ1) is 3.85. The first-order valence-corrected chi connectivity index (χ1v) is 3.01. The molecular formula is C5H11CuNO2S. The van der Waals surface area contributed by atoms with Crippen LogP contribution in [0.25, 0.3) is 0 Å². The second-order valence-electron chi connectivity index (χ2n) is 2.47. The number of aliphatic carboxylic acids is 1. The van der Waals surface area contributed by atoms with Crippen molar-refractivity contribution in [2.75, 3.05) is 0 Å². The fraction of sp³-hybridized carbons (Fsp3) is 0.800. The summed E-state index contributed by atoms with van der Waals surface area (Å²) in [5.74, 6) is -1.02. The van der Waals surface area contributed by atoms with E-state index in [2.05, 4.69) is 12.6 Å². The molecule has 1 radical (unpaired) electrons. The van der Waals surface area contributed by atoms with Gasteiger partial charge in [-0.3, -0.25) is 4.79 Å². The van der Waals surface area contributed by atoms with Crippen LogP contribution < -0.4 is 5.73 Å². The van der Waals surface area contributed by atoms with E-state index in [-0.39, 0.29) is 17.1 Å². The molecule has 0 unspecified atom stereocenters. The van der Waals surface area contributed by atoms with Gasteiger partial charge in [-0.15, -0.1) is 0 Å². The zero-order valence-corrected chi connectivity index (χ0v) is 7.59. The van der Waals surface area contributed by atoms with E-state index in [4.69, 9.17) is 10.8 Å². The van der Waals surface area contributed by atoms with Crippen molar-refractivity contribution < 1.29 is 27.0 Å². The summed E-state index contributed by atoms with van der Waals surface area (Å²) in [5, 5.41) is 8.34. The number of hydrogen-bond acceptors (Lipinski definition) is 3. The molecule has 0 aromatic carbocycles. The van der Waals surface area contributed by atoms with E-state index >= 15 is 0 Å². The zero-order chi connectivity index (χ0) is 7.65. The number of carboxylic acids is 1. The van der Waals surface area contributed by atoms with Crippen LogP contribution in [-0.2, 0) is 21.9 Å². The normalized spacial score (nSPS) is 13.6. The molecule has 3 nitrogen and oxygen atoms in total. The van der Waals surface area contributed by atoms with Crippen molar-refractivity contribution in [1.29, 1.82) is 0 Å². The maximum Gasteiger partial charge on any atom is 0.321 e. The molecule has 0 aromatic heterocycles. The number of hydrogen-bond donors (Lipinski definition) is 3. The fourth-order valence-electron chi connectivity index (χ4n) is 0.302. The van der Waals surface area contributed by atoms with Gasteiger partial charge in [-0.25, -0.2) is 0 Å². The molecule has 0 heterocycles. The van der Waals surface area contributed by atoms with Gasteiger partial charge in [0.15, 0.2) is 0 Å². The van der Waals surface area contributed by atoms with Crippen LogP contribution >= 0.6 is 12.6 Å². The minimum atomic E-state index is -1.02. The second kappa shape index (κ2) is 4.23. The summed E-state index contributed by atoms with van der Waals surface area (Å²) in [6.07, 6.45) is 0. The Morgan fingerprint density at radius 2 is 2.00 bits per heavy atom. The van der Waals surface area contributed by atoms with Gasteiger partial charge in [-0.05, 0) is 13.8 Å². The molecule has 1 atom stereocenters. The van der Waals surface area contributed by atoms with Crippen LogP contribution in [0, 0.1) is 0 Å². The van der Waals surface area contributed by atoms with E-state index in [1.807, 2.05) is 0 Å². The largest absolute Gasteiger partial charge is 0.480 e. The predicted molar refractivity (Wildman–Crippen MR) is 38.7 cm³/mol. The Bertz CT molecular complexity index is 123. The van der Waals surface area contributed by atoms with Crippen LogP contribution in [0.1, 0.15) is 13.8 Å². The SMILES string of the molecule is CC(C)(S)[C@H](N)C(=O)O.[Cu]. The number of carbonyl (C=O) groups is 1. The standard InChI is InChI=1S/C5H11NO2S.Cu/c1-5(2,9)3(6)4(7)8;/h3,9H,6H2,1-2H3,(H,7,8);/t3-;/m1./s1. The van der Waals surface area contributed by atoms with E-state index in [0.717, 1.165) is 0 Å². The molecule has 65 valence electrons. The molecule has 0 saturated carbocycles. The number of carboxylic acid groups (broad SMARTS) is 1.